The average Bonchev–Trinajstić information content (AvgIpc) is 2.34. The Morgan fingerprint density at radius 3 is 1.93 bits per heavy atom. The summed E-state index contributed by atoms with van der Waals surface area (Å²) in [6, 6.07) is 7.96. The first kappa shape index (κ1) is 16.9. The predicted octanol–water partition coefficient (Wildman–Crippen LogP) is 4.98. The Balaban J connectivity index is 0. The van der Waals surface area contributed by atoms with E-state index in [2.05, 4.69) is 29.5 Å². The molecule has 0 spiro atoms. The van der Waals surface area contributed by atoms with E-state index in [4.69, 9.17) is 4.74 Å². The maximum Gasteiger partial charge on any atom is 0.126 e. The van der Waals surface area contributed by atoms with Gasteiger partial charge in [-0.1, -0.05) is 60.2 Å². The van der Waals surface area contributed by atoms with E-state index in [0.29, 0.717) is 0 Å². The van der Waals surface area contributed by atoms with Crippen molar-refractivity contribution in [2.75, 3.05) is 4.93 Å². The lowest BCUT2D eigenvalue weighted by atomic mass is 10.2. The first-order valence-corrected chi connectivity index (χ1v) is 7.21. The van der Waals surface area contributed by atoms with Gasteiger partial charge in [0.2, 0.25) is 0 Å². The number of hydrogen-bond acceptors (Lipinski definition) is 1. The fraction of sp³-hybridized carbons (Fsp3) is 0.385. The molecule has 1 rings (SSSR count). The van der Waals surface area contributed by atoms with Crippen molar-refractivity contribution in [3.63, 3.8) is 0 Å². The zero-order chi connectivity index (χ0) is 12.1. The molecule has 0 bridgehead atoms. The van der Waals surface area contributed by atoms with E-state index in [9.17, 15) is 0 Å². The lowest BCUT2D eigenvalue weighted by Gasteiger charge is -1.98. The molecule has 0 saturated carbocycles. The summed E-state index contributed by atoms with van der Waals surface area (Å²) in [6.07, 6.45) is 3.53. The number of hydrogen-bond donors (Lipinski definition) is 0. The third-order valence-electron chi connectivity index (χ3n) is 1.36. The van der Waals surface area contributed by atoms with Gasteiger partial charge in [0.25, 0.3) is 0 Å². The van der Waals surface area contributed by atoms with Crippen molar-refractivity contribution in [3.05, 3.63) is 42.2 Å². The zero-order valence-corrected chi connectivity index (χ0v) is 12.4. The summed E-state index contributed by atoms with van der Waals surface area (Å²) in [4.78, 5) is 1.97. The van der Waals surface area contributed by atoms with E-state index in [1.165, 1.54) is 5.56 Å². The predicted molar refractivity (Wildman–Crippen MR) is 77.9 cm³/mol. The molecule has 0 N–H and O–H groups in total. The minimum Gasteiger partial charge on any atom is -0.465 e. The molecule has 86 valence electrons. The Labute approximate surface area is 108 Å². The van der Waals surface area contributed by atoms with Crippen LogP contribution in [0.5, 0.6) is 5.75 Å². The standard InChI is InChI=1S/C10H12O.C2H6.CH3I/c1-3-8-11-10-6-4-9(2)5-7-10;2*1-2/h3-8H,1-2H3;1-2H3;1H3/b8-3+;;. The maximum absolute atomic E-state index is 5.23. The van der Waals surface area contributed by atoms with Gasteiger partial charge >= 0.3 is 0 Å². The topological polar surface area (TPSA) is 9.23 Å². The van der Waals surface area contributed by atoms with Gasteiger partial charge in [0, 0.05) is 0 Å². The molecule has 1 aromatic carbocycles. The Bertz CT molecular complexity index is 239. The molecule has 1 nitrogen and oxygen atoms in total. The van der Waals surface area contributed by atoms with Gasteiger partial charge in [-0.2, -0.15) is 0 Å². The molecule has 0 radical (unpaired) electrons. The highest BCUT2D eigenvalue weighted by Gasteiger charge is 1.87. The Hall–Kier alpha value is -0.510. The van der Waals surface area contributed by atoms with Crippen molar-refractivity contribution in [2.24, 2.45) is 0 Å². The number of ether oxygens (including phenoxy) is 1. The van der Waals surface area contributed by atoms with Crippen LogP contribution in [-0.2, 0) is 0 Å². The second kappa shape index (κ2) is 13.5. The van der Waals surface area contributed by atoms with Crippen LogP contribution in [0.2, 0.25) is 0 Å². The summed E-state index contributed by atoms with van der Waals surface area (Å²) >= 11 is 2.15. The van der Waals surface area contributed by atoms with E-state index in [0.717, 1.165) is 5.75 Å². The molecule has 0 aliphatic rings. The van der Waals surface area contributed by atoms with Gasteiger partial charge in [-0.25, -0.2) is 0 Å². The molecule has 1 aromatic rings. The molecular weight excluding hydrogens is 299 g/mol. The van der Waals surface area contributed by atoms with Crippen LogP contribution in [-0.4, -0.2) is 4.93 Å². The lowest BCUT2D eigenvalue weighted by Crippen LogP contribution is -1.80. The van der Waals surface area contributed by atoms with E-state index < -0.39 is 0 Å². The Morgan fingerprint density at radius 2 is 1.53 bits per heavy atom. The number of alkyl halides is 1. The fourth-order valence-corrected chi connectivity index (χ4v) is 0.763. The SMILES string of the molecule is C/C=C/Oc1ccc(C)cc1.CC.CI. The molecule has 0 fully saturated rings. The third-order valence-corrected chi connectivity index (χ3v) is 1.36. The number of allylic oxidation sites excluding steroid dienone is 1. The average molecular weight is 320 g/mol. The van der Waals surface area contributed by atoms with Crippen molar-refractivity contribution in [2.45, 2.75) is 27.7 Å². The van der Waals surface area contributed by atoms with E-state index >= 15 is 0 Å². The maximum atomic E-state index is 5.23. The van der Waals surface area contributed by atoms with Gasteiger partial charge in [0.1, 0.15) is 5.75 Å². The van der Waals surface area contributed by atoms with Crippen molar-refractivity contribution < 1.29 is 4.74 Å². The number of halogens is 1. The van der Waals surface area contributed by atoms with Crippen LogP contribution in [0.15, 0.2) is 36.6 Å². The van der Waals surface area contributed by atoms with E-state index in [1.807, 2.05) is 56.0 Å². The fourth-order valence-electron chi connectivity index (χ4n) is 0.763. The molecule has 0 saturated heterocycles. The Morgan fingerprint density at radius 1 is 1.07 bits per heavy atom. The summed E-state index contributed by atoms with van der Waals surface area (Å²) in [7, 11) is 0. The van der Waals surface area contributed by atoms with Crippen LogP contribution in [0, 0.1) is 6.92 Å². The van der Waals surface area contributed by atoms with Crippen LogP contribution in [0.25, 0.3) is 0 Å². The van der Waals surface area contributed by atoms with Crippen LogP contribution < -0.4 is 4.74 Å². The molecule has 0 aromatic heterocycles. The van der Waals surface area contributed by atoms with E-state index in [-0.39, 0.29) is 0 Å². The minimum absolute atomic E-state index is 0.883. The molecule has 0 aliphatic carbocycles. The molecule has 0 aliphatic heterocycles. The van der Waals surface area contributed by atoms with Crippen LogP contribution in [0.4, 0.5) is 0 Å². The summed E-state index contributed by atoms with van der Waals surface area (Å²) in [5.41, 5.74) is 1.25. The van der Waals surface area contributed by atoms with Crippen LogP contribution >= 0.6 is 22.6 Å². The molecular formula is C13H21IO. The smallest absolute Gasteiger partial charge is 0.126 e. The van der Waals surface area contributed by atoms with Gasteiger partial charge in [0.15, 0.2) is 0 Å². The number of rotatable bonds is 2. The highest BCUT2D eigenvalue weighted by Crippen LogP contribution is 2.11. The van der Waals surface area contributed by atoms with Gasteiger partial charge in [-0.3, -0.25) is 0 Å². The number of benzene rings is 1. The Kier molecular flexibility index (Phi) is 15.2. The highest BCUT2D eigenvalue weighted by molar-refractivity contribution is 14.1. The molecule has 2 heteroatoms. The third kappa shape index (κ3) is 9.79. The van der Waals surface area contributed by atoms with Crippen molar-refractivity contribution in [3.8, 4) is 5.75 Å². The first-order chi connectivity index (χ1) is 7.33. The molecule has 0 heterocycles. The zero-order valence-electron chi connectivity index (χ0n) is 10.3. The van der Waals surface area contributed by atoms with Crippen LogP contribution in [0.1, 0.15) is 26.3 Å². The second-order valence-corrected chi connectivity index (χ2v) is 2.40. The summed E-state index contributed by atoms with van der Waals surface area (Å²) in [6.45, 7) is 7.98. The quantitative estimate of drug-likeness (QED) is 0.424. The lowest BCUT2D eigenvalue weighted by molar-refractivity contribution is 0.480. The summed E-state index contributed by atoms with van der Waals surface area (Å²) in [5, 5.41) is 0. The highest BCUT2D eigenvalue weighted by atomic mass is 127. The van der Waals surface area contributed by atoms with Crippen molar-refractivity contribution >= 4 is 22.6 Å². The van der Waals surface area contributed by atoms with Crippen LogP contribution in [0.3, 0.4) is 0 Å². The monoisotopic (exact) mass is 320 g/mol. The van der Waals surface area contributed by atoms with Crippen molar-refractivity contribution in [1.82, 2.24) is 0 Å². The van der Waals surface area contributed by atoms with E-state index in [1.54, 1.807) is 6.26 Å². The summed E-state index contributed by atoms with van der Waals surface area (Å²) in [5.74, 6) is 0.883. The van der Waals surface area contributed by atoms with Gasteiger partial charge < -0.3 is 4.74 Å². The first-order valence-electron chi connectivity index (χ1n) is 5.05. The second-order valence-electron chi connectivity index (χ2n) is 2.40. The molecule has 0 atom stereocenters. The molecule has 15 heavy (non-hydrogen) atoms. The molecule has 0 amide bonds. The van der Waals surface area contributed by atoms with Crippen molar-refractivity contribution in [1.29, 1.82) is 0 Å². The number of aryl methyl sites for hydroxylation is 1. The largest absolute Gasteiger partial charge is 0.465 e. The van der Waals surface area contributed by atoms with Gasteiger partial charge in [0.05, 0.1) is 6.26 Å². The normalized spacial score (nSPS) is 8.40. The van der Waals surface area contributed by atoms with Gasteiger partial charge in [-0.05, 0) is 30.9 Å². The van der Waals surface area contributed by atoms with Gasteiger partial charge in [-0.15, -0.1) is 0 Å². The minimum atomic E-state index is 0.883. The summed E-state index contributed by atoms with van der Waals surface area (Å²) < 4.78 is 5.23. The molecule has 0 unspecified atom stereocenters.